The largest absolute Gasteiger partial charge is 0.372 e. The van der Waals surface area contributed by atoms with Crippen molar-refractivity contribution in [3.63, 3.8) is 0 Å². The molecule has 1 aromatic rings. The monoisotopic (exact) mass is 313 g/mol. The van der Waals surface area contributed by atoms with Crippen LogP contribution < -0.4 is 5.32 Å². The molecule has 118 valence electrons. The molecular weight excluding hydrogens is 290 g/mol. The Labute approximate surface area is 126 Å². The fraction of sp³-hybridized carbons (Fsp3) is 0.643. The summed E-state index contributed by atoms with van der Waals surface area (Å²) in [5.74, 6) is 0.361. The first-order chi connectivity index (χ1) is 9.57. The first-order valence-electron chi connectivity index (χ1n) is 6.90. The molecule has 6 nitrogen and oxygen atoms in total. The normalized spacial score (nSPS) is 22.0. The molecule has 2 rings (SSSR count). The first kappa shape index (κ1) is 16.2. The molecule has 1 aliphatic rings. The van der Waals surface area contributed by atoms with Gasteiger partial charge in [-0.25, -0.2) is 13.4 Å². The number of hydrogen-bond donors (Lipinski definition) is 1. The number of rotatable bonds is 3. The standard InChI is InChI=1S/C14H23N3O3S/c1-13(2)9-17(10-14(3,4)20-13)21(18,19)11-7-6-8-16-12(11)15-5/h6-8H,9-10H2,1-5H3,(H,15,16). The van der Waals surface area contributed by atoms with Crippen molar-refractivity contribution in [3.8, 4) is 0 Å². The summed E-state index contributed by atoms with van der Waals surface area (Å²) >= 11 is 0. The third kappa shape index (κ3) is 3.36. The van der Waals surface area contributed by atoms with Gasteiger partial charge in [-0.15, -0.1) is 0 Å². The lowest BCUT2D eigenvalue weighted by molar-refractivity contribution is -0.163. The Balaban J connectivity index is 2.44. The first-order valence-corrected chi connectivity index (χ1v) is 8.35. The van der Waals surface area contributed by atoms with Crippen LogP contribution in [-0.2, 0) is 14.8 Å². The van der Waals surface area contributed by atoms with Gasteiger partial charge in [0.15, 0.2) is 0 Å². The predicted molar refractivity (Wildman–Crippen MR) is 81.8 cm³/mol. The van der Waals surface area contributed by atoms with Gasteiger partial charge < -0.3 is 10.1 Å². The topological polar surface area (TPSA) is 71.5 Å². The summed E-state index contributed by atoms with van der Waals surface area (Å²) in [4.78, 5) is 4.28. The van der Waals surface area contributed by atoms with Crippen LogP contribution in [0.5, 0.6) is 0 Å². The highest BCUT2D eigenvalue weighted by atomic mass is 32.2. The smallest absolute Gasteiger partial charge is 0.246 e. The third-order valence-corrected chi connectivity index (χ3v) is 5.12. The van der Waals surface area contributed by atoms with Gasteiger partial charge in [0, 0.05) is 26.3 Å². The van der Waals surface area contributed by atoms with E-state index in [0.717, 1.165) is 0 Å². The van der Waals surface area contributed by atoms with E-state index in [0.29, 0.717) is 18.9 Å². The van der Waals surface area contributed by atoms with Crippen molar-refractivity contribution >= 4 is 15.8 Å². The highest BCUT2D eigenvalue weighted by Gasteiger charge is 2.43. The number of anilines is 1. The number of nitrogens with one attached hydrogen (secondary N) is 1. The fourth-order valence-electron chi connectivity index (χ4n) is 2.81. The summed E-state index contributed by atoms with van der Waals surface area (Å²) < 4.78 is 33.3. The molecule has 1 fully saturated rings. The van der Waals surface area contributed by atoms with Crippen molar-refractivity contribution in [2.24, 2.45) is 0 Å². The van der Waals surface area contributed by atoms with Gasteiger partial charge >= 0.3 is 0 Å². The van der Waals surface area contributed by atoms with Crippen LogP contribution in [0.4, 0.5) is 5.82 Å². The Bertz CT molecular complexity index is 610. The van der Waals surface area contributed by atoms with Crippen LogP contribution in [0, 0.1) is 0 Å². The van der Waals surface area contributed by atoms with E-state index < -0.39 is 21.2 Å². The van der Waals surface area contributed by atoms with Crippen molar-refractivity contribution in [1.82, 2.24) is 9.29 Å². The molecule has 0 spiro atoms. The Morgan fingerprint density at radius 3 is 2.33 bits per heavy atom. The van der Waals surface area contributed by atoms with E-state index in [1.807, 2.05) is 27.7 Å². The molecule has 0 aromatic carbocycles. The van der Waals surface area contributed by atoms with Gasteiger partial charge in [-0.3, -0.25) is 0 Å². The van der Waals surface area contributed by atoms with Crippen molar-refractivity contribution in [2.75, 3.05) is 25.5 Å². The molecule has 21 heavy (non-hydrogen) atoms. The minimum atomic E-state index is -3.62. The number of morpholine rings is 1. The Hall–Kier alpha value is -1.18. The fourth-order valence-corrected chi connectivity index (χ4v) is 4.70. The summed E-state index contributed by atoms with van der Waals surface area (Å²) in [6, 6.07) is 3.20. The maximum Gasteiger partial charge on any atom is 0.246 e. The zero-order valence-electron chi connectivity index (χ0n) is 13.2. The van der Waals surface area contributed by atoms with Crippen LogP contribution in [0.2, 0.25) is 0 Å². The molecule has 0 unspecified atom stereocenters. The molecule has 1 aromatic heterocycles. The molecule has 0 bridgehead atoms. The van der Waals surface area contributed by atoms with Crippen molar-refractivity contribution in [1.29, 1.82) is 0 Å². The van der Waals surface area contributed by atoms with Crippen LogP contribution in [0.1, 0.15) is 27.7 Å². The van der Waals surface area contributed by atoms with E-state index >= 15 is 0 Å². The minimum Gasteiger partial charge on any atom is -0.372 e. The van der Waals surface area contributed by atoms with Gasteiger partial charge in [-0.1, -0.05) is 0 Å². The van der Waals surface area contributed by atoms with Gasteiger partial charge in [0.05, 0.1) is 11.2 Å². The molecule has 0 radical (unpaired) electrons. The average Bonchev–Trinajstić information content (AvgIpc) is 2.35. The zero-order chi connectivity index (χ0) is 15.9. The molecule has 0 amide bonds. The van der Waals surface area contributed by atoms with Crippen molar-refractivity contribution in [2.45, 2.75) is 43.8 Å². The number of ether oxygens (including phenoxy) is 1. The van der Waals surface area contributed by atoms with Crippen LogP contribution in [-0.4, -0.2) is 49.0 Å². The van der Waals surface area contributed by atoms with Gasteiger partial charge in [-0.2, -0.15) is 4.31 Å². The molecule has 0 atom stereocenters. The molecule has 1 N–H and O–H groups in total. The summed E-state index contributed by atoms with van der Waals surface area (Å²) in [6.45, 7) is 8.24. The Kier molecular flexibility index (Phi) is 4.03. The highest BCUT2D eigenvalue weighted by molar-refractivity contribution is 7.89. The molecule has 0 aliphatic carbocycles. The summed E-state index contributed by atoms with van der Waals surface area (Å²) in [5.41, 5.74) is -1.06. The molecule has 1 saturated heterocycles. The lowest BCUT2D eigenvalue weighted by atomic mass is 10.0. The summed E-state index contributed by atoms with van der Waals surface area (Å²) in [5, 5.41) is 2.83. The molecule has 7 heteroatoms. The summed E-state index contributed by atoms with van der Waals surface area (Å²) in [6.07, 6.45) is 1.57. The van der Waals surface area contributed by atoms with Crippen LogP contribution in [0.15, 0.2) is 23.2 Å². The SMILES string of the molecule is CNc1ncccc1S(=O)(=O)N1CC(C)(C)OC(C)(C)C1. The second-order valence-corrected chi connectivity index (χ2v) is 8.40. The van der Waals surface area contributed by atoms with E-state index in [2.05, 4.69) is 10.3 Å². The number of nitrogens with zero attached hydrogens (tertiary/aromatic N) is 2. The Morgan fingerprint density at radius 2 is 1.81 bits per heavy atom. The van der Waals surface area contributed by atoms with Crippen LogP contribution >= 0.6 is 0 Å². The third-order valence-electron chi connectivity index (χ3n) is 3.29. The van der Waals surface area contributed by atoms with Gasteiger partial charge in [0.1, 0.15) is 10.7 Å². The highest BCUT2D eigenvalue weighted by Crippen LogP contribution is 2.32. The minimum absolute atomic E-state index is 0.195. The van der Waals surface area contributed by atoms with Gasteiger partial charge in [0.2, 0.25) is 10.0 Å². The van der Waals surface area contributed by atoms with Crippen LogP contribution in [0.25, 0.3) is 0 Å². The average molecular weight is 313 g/mol. The predicted octanol–water partition coefficient (Wildman–Crippen LogP) is 1.70. The molecule has 0 saturated carbocycles. The second kappa shape index (κ2) is 5.23. The Morgan fingerprint density at radius 1 is 1.24 bits per heavy atom. The molecule has 1 aliphatic heterocycles. The number of sulfonamides is 1. The van der Waals surface area contributed by atoms with E-state index in [4.69, 9.17) is 4.74 Å². The maximum absolute atomic E-state index is 12.9. The molecule has 2 heterocycles. The van der Waals surface area contributed by atoms with Gasteiger partial charge in [-0.05, 0) is 39.8 Å². The number of aromatic nitrogens is 1. The lowest BCUT2D eigenvalue weighted by Gasteiger charge is -2.46. The van der Waals surface area contributed by atoms with Crippen molar-refractivity contribution in [3.05, 3.63) is 18.3 Å². The zero-order valence-corrected chi connectivity index (χ0v) is 14.0. The van der Waals surface area contributed by atoms with E-state index in [9.17, 15) is 8.42 Å². The number of hydrogen-bond acceptors (Lipinski definition) is 5. The van der Waals surface area contributed by atoms with Gasteiger partial charge in [0.25, 0.3) is 0 Å². The second-order valence-electron chi connectivity index (χ2n) is 6.49. The lowest BCUT2D eigenvalue weighted by Crippen LogP contribution is -2.58. The molecular formula is C14H23N3O3S. The van der Waals surface area contributed by atoms with E-state index in [-0.39, 0.29) is 4.90 Å². The van der Waals surface area contributed by atoms with Crippen molar-refractivity contribution < 1.29 is 13.2 Å². The van der Waals surface area contributed by atoms with Crippen LogP contribution in [0.3, 0.4) is 0 Å². The summed E-state index contributed by atoms with van der Waals surface area (Å²) in [7, 11) is -1.96. The maximum atomic E-state index is 12.9. The quantitative estimate of drug-likeness (QED) is 0.919. The van der Waals surface area contributed by atoms with E-state index in [1.54, 1.807) is 25.4 Å². The van der Waals surface area contributed by atoms with E-state index in [1.165, 1.54) is 4.31 Å². The number of pyridine rings is 1.